The second kappa shape index (κ2) is 9.81. The fourth-order valence-corrected chi connectivity index (χ4v) is 8.61. The van der Waals surface area contributed by atoms with E-state index < -0.39 is 80.9 Å². The molecule has 0 radical (unpaired) electrons. The van der Waals surface area contributed by atoms with E-state index in [0.29, 0.717) is 5.56 Å². The molecule has 3 unspecified atom stereocenters. The Hall–Kier alpha value is -3.48. The summed E-state index contributed by atoms with van der Waals surface area (Å²) in [4.78, 5) is 82.8. The van der Waals surface area contributed by atoms with Crippen molar-refractivity contribution in [3.63, 3.8) is 0 Å². The monoisotopic (exact) mass is 562 g/mol. The van der Waals surface area contributed by atoms with Crippen molar-refractivity contribution in [2.45, 2.75) is 72.8 Å². The number of hydrogen-bond acceptors (Lipinski definition) is 8. The fraction of sp³-hybridized carbons (Fsp3) is 0.545. The highest BCUT2D eigenvalue weighted by Crippen LogP contribution is 2.70. The summed E-state index contributed by atoms with van der Waals surface area (Å²) in [6.45, 7) is 14.7. The van der Waals surface area contributed by atoms with Crippen LogP contribution in [0.15, 0.2) is 24.4 Å². The molecule has 8 nitrogen and oxygen atoms in total. The standard InChI is InChI=1S/C33H38O8/c1-9-11-18-12-13-20-16(5)31(7)21(14-19(35)10-2)32(8)24(15(3)4)27(37)22(17(6)34)29(39)33(32,41)30(40)25(31)28(38)23(20)26(18)36/h11-13,15-16,21-22,24-25,36,41H,1,10,14H2,2-8H3/t16-,21-,22?,24?,25?,31-,32-,33+/m1/s1. The number of carbonyl (C=O) groups is 6. The Kier molecular flexibility index (Phi) is 7.30. The number of rotatable bonds is 6. The van der Waals surface area contributed by atoms with E-state index in [4.69, 9.17) is 0 Å². The van der Waals surface area contributed by atoms with Crippen LogP contribution in [0.3, 0.4) is 0 Å². The van der Waals surface area contributed by atoms with Crippen molar-refractivity contribution in [3.8, 4) is 5.75 Å². The van der Waals surface area contributed by atoms with Gasteiger partial charge in [0.1, 0.15) is 23.2 Å². The molecule has 3 aliphatic rings. The number of carbonyl (C=O) groups excluding carboxylic acids is 6. The average molecular weight is 563 g/mol. The Morgan fingerprint density at radius 1 is 1.12 bits per heavy atom. The molecule has 2 fully saturated rings. The van der Waals surface area contributed by atoms with Crippen LogP contribution < -0.4 is 0 Å². The largest absolute Gasteiger partial charge is 0.507 e. The number of fused-ring (bicyclic) bond motifs is 3. The van der Waals surface area contributed by atoms with Crippen LogP contribution in [0.2, 0.25) is 0 Å². The molecule has 3 aliphatic carbocycles. The number of aliphatic hydroxyl groups is 1. The minimum absolute atomic E-state index is 0.104. The van der Waals surface area contributed by atoms with Crippen molar-refractivity contribution in [1.82, 2.24) is 0 Å². The van der Waals surface area contributed by atoms with Gasteiger partial charge in [0.2, 0.25) is 0 Å². The molecule has 0 amide bonds. The lowest BCUT2D eigenvalue weighted by atomic mass is 9.34. The third-order valence-electron chi connectivity index (χ3n) is 10.7. The lowest BCUT2D eigenvalue weighted by Crippen LogP contribution is -2.80. The summed E-state index contributed by atoms with van der Waals surface area (Å²) in [6, 6.07) is 3.29. The highest BCUT2D eigenvalue weighted by Gasteiger charge is 2.80. The van der Waals surface area contributed by atoms with Gasteiger partial charge in [-0.2, -0.15) is 0 Å². The number of aromatic hydroxyl groups is 1. The van der Waals surface area contributed by atoms with E-state index >= 15 is 0 Å². The number of phenols is 1. The van der Waals surface area contributed by atoms with Crippen LogP contribution in [0.1, 0.15) is 88.7 Å². The molecule has 8 heteroatoms. The first kappa shape index (κ1) is 30.5. The molecule has 1 aromatic rings. The van der Waals surface area contributed by atoms with Crippen LogP contribution in [0, 0.1) is 40.4 Å². The van der Waals surface area contributed by atoms with Gasteiger partial charge < -0.3 is 10.2 Å². The molecule has 2 saturated carbocycles. The second-order valence-electron chi connectivity index (χ2n) is 12.7. The van der Waals surface area contributed by atoms with Crippen molar-refractivity contribution < 1.29 is 39.0 Å². The van der Waals surface area contributed by atoms with Gasteiger partial charge in [-0.15, -0.1) is 5.73 Å². The van der Waals surface area contributed by atoms with Gasteiger partial charge in [0.05, 0.1) is 11.5 Å². The number of ketones is 6. The molecule has 2 N–H and O–H groups in total. The molecule has 1 aromatic carbocycles. The number of phenolic OH excluding ortho intramolecular Hbond substituents is 1. The molecule has 4 rings (SSSR count). The van der Waals surface area contributed by atoms with Gasteiger partial charge in [0.25, 0.3) is 0 Å². The second-order valence-corrected chi connectivity index (χ2v) is 12.7. The van der Waals surface area contributed by atoms with E-state index in [1.54, 1.807) is 46.8 Å². The summed E-state index contributed by atoms with van der Waals surface area (Å²) < 4.78 is 0. The van der Waals surface area contributed by atoms with Crippen molar-refractivity contribution >= 4 is 40.8 Å². The number of hydrogen-bond donors (Lipinski definition) is 2. The van der Waals surface area contributed by atoms with E-state index in [1.165, 1.54) is 13.0 Å². The SMILES string of the molecule is C=C=Cc1ccc2c(c1O)C(=O)C1C(=O)[C@@]3(O)C(=O)C(C(C)=O)C(=O)C(C(C)C)[C@@]3(C)[C@H](CC(=O)CC)[C@@]1(C)[C@@H]2C. The zero-order chi connectivity index (χ0) is 31.0. The molecule has 0 aliphatic heterocycles. The molecule has 218 valence electrons. The summed E-state index contributed by atoms with van der Waals surface area (Å²) in [6.07, 6.45) is 1.32. The van der Waals surface area contributed by atoms with Crippen molar-refractivity contribution in [2.75, 3.05) is 0 Å². The summed E-state index contributed by atoms with van der Waals surface area (Å²) in [5, 5.41) is 23.6. The third-order valence-corrected chi connectivity index (χ3v) is 10.7. The first-order chi connectivity index (χ1) is 19.0. The van der Waals surface area contributed by atoms with Gasteiger partial charge in [0, 0.05) is 29.7 Å². The molecular weight excluding hydrogens is 524 g/mol. The number of benzene rings is 1. The predicted octanol–water partition coefficient (Wildman–Crippen LogP) is 4.05. The highest BCUT2D eigenvalue weighted by atomic mass is 16.3. The zero-order valence-electron chi connectivity index (χ0n) is 24.7. The average Bonchev–Trinajstić information content (AvgIpc) is 2.88. The smallest absolute Gasteiger partial charge is 0.190 e. The molecule has 41 heavy (non-hydrogen) atoms. The van der Waals surface area contributed by atoms with E-state index in [1.807, 2.05) is 0 Å². The van der Waals surface area contributed by atoms with E-state index in [0.717, 1.165) is 6.92 Å². The molecule has 0 spiro atoms. The third kappa shape index (κ3) is 3.63. The molecule has 0 heterocycles. The van der Waals surface area contributed by atoms with Crippen LogP contribution in [0.25, 0.3) is 6.08 Å². The van der Waals surface area contributed by atoms with Crippen molar-refractivity contribution in [2.24, 2.45) is 40.4 Å². The Labute approximate surface area is 239 Å². The Morgan fingerprint density at radius 2 is 1.73 bits per heavy atom. The van der Waals surface area contributed by atoms with Gasteiger partial charge in [0.15, 0.2) is 28.7 Å². The number of Topliss-reactive ketones (excluding diaryl/α,β-unsaturated/α-hetero) is 6. The molecule has 0 bridgehead atoms. The topological polar surface area (TPSA) is 143 Å². The summed E-state index contributed by atoms with van der Waals surface area (Å²) in [5.74, 6) is -11.9. The maximum atomic E-state index is 14.7. The maximum Gasteiger partial charge on any atom is 0.190 e. The minimum atomic E-state index is -2.89. The van der Waals surface area contributed by atoms with E-state index in [-0.39, 0.29) is 35.5 Å². The van der Waals surface area contributed by atoms with Gasteiger partial charge in [-0.1, -0.05) is 60.3 Å². The lowest BCUT2D eigenvalue weighted by molar-refractivity contribution is -0.225. The van der Waals surface area contributed by atoms with Gasteiger partial charge >= 0.3 is 0 Å². The Morgan fingerprint density at radius 3 is 2.24 bits per heavy atom. The van der Waals surface area contributed by atoms with Crippen molar-refractivity contribution in [3.05, 3.63) is 41.1 Å². The molecule has 0 aromatic heterocycles. The van der Waals surface area contributed by atoms with Crippen LogP contribution in [-0.4, -0.2) is 50.5 Å². The van der Waals surface area contributed by atoms with Crippen LogP contribution >= 0.6 is 0 Å². The Balaban J connectivity index is 2.15. The summed E-state index contributed by atoms with van der Waals surface area (Å²) >= 11 is 0. The zero-order valence-corrected chi connectivity index (χ0v) is 24.7. The molecule has 8 atom stereocenters. The van der Waals surface area contributed by atoms with Gasteiger partial charge in [-0.05, 0) is 41.7 Å². The van der Waals surface area contributed by atoms with Gasteiger partial charge in [-0.25, -0.2) is 0 Å². The first-order valence-electron chi connectivity index (χ1n) is 14.1. The van der Waals surface area contributed by atoms with Crippen molar-refractivity contribution in [1.29, 1.82) is 0 Å². The Bertz CT molecular complexity index is 1460. The highest BCUT2D eigenvalue weighted by molar-refractivity contribution is 6.33. The fourth-order valence-electron chi connectivity index (χ4n) is 8.61. The molecular formula is C33H38O8. The normalized spacial score (nSPS) is 36.3. The maximum absolute atomic E-state index is 14.7. The van der Waals surface area contributed by atoms with E-state index in [9.17, 15) is 39.0 Å². The minimum Gasteiger partial charge on any atom is -0.507 e. The van der Waals surface area contributed by atoms with Crippen LogP contribution in [0.5, 0.6) is 5.75 Å². The van der Waals surface area contributed by atoms with Gasteiger partial charge in [-0.3, -0.25) is 28.8 Å². The first-order valence-corrected chi connectivity index (χ1v) is 14.1. The predicted molar refractivity (Wildman–Crippen MR) is 150 cm³/mol. The molecule has 0 saturated heterocycles. The van der Waals surface area contributed by atoms with Crippen LogP contribution in [-0.2, 0) is 24.0 Å². The summed E-state index contributed by atoms with van der Waals surface area (Å²) in [7, 11) is 0. The lowest BCUT2D eigenvalue weighted by Gasteiger charge is -2.67. The van der Waals surface area contributed by atoms with E-state index in [2.05, 4.69) is 12.3 Å². The van der Waals surface area contributed by atoms with Crippen LogP contribution in [0.4, 0.5) is 0 Å². The quantitative estimate of drug-likeness (QED) is 0.391. The summed E-state index contributed by atoms with van der Waals surface area (Å²) in [5.41, 5.74) is -2.86.